The van der Waals surface area contributed by atoms with Gasteiger partial charge in [-0.25, -0.2) is 9.97 Å². The minimum absolute atomic E-state index is 0.167. The lowest BCUT2D eigenvalue weighted by Gasteiger charge is -2.06. The third kappa shape index (κ3) is 3.45. The number of hydrogen-bond acceptors (Lipinski definition) is 4. The second-order valence-electron chi connectivity index (χ2n) is 5.27. The number of aromatic nitrogens is 2. The van der Waals surface area contributed by atoms with Crippen molar-refractivity contribution in [2.75, 3.05) is 0 Å². The third-order valence-electron chi connectivity index (χ3n) is 3.51. The van der Waals surface area contributed by atoms with Crippen LogP contribution in [0.4, 0.5) is 0 Å². The first-order valence-electron chi connectivity index (χ1n) is 7.35. The number of benzene rings is 1. The van der Waals surface area contributed by atoms with E-state index in [2.05, 4.69) is 15.3 Å². The van der Waals surface area contributed by atoms with Gasteiger partial charge in [-0.15, -0.1) is 0 Å². The number of furan rings is 1. The molecule has 0 aliphatic carbocycles. The van der Waals surface area contributed by atoms with Crippen molar-refractivity contribution < 1.29 is 9.21 Å². The number of nitrogens with one attached hydrogen (secondary N) is 1. The molecule has 0 radical (unpaired) electrons. The number of amides is 1. The first-order chi connectivity index (χ1) is 11.1. The number of nitrogens with zero attached hydrogens (tertiary/aromatic N) is 2. The SMILES string of the molecule is Cc1cc(C(=O)NCc2cc(-c3ccccc3)ncn2)c(C)o1. The molecule has 23 heavy (non-hydrogen) atoms. The Morgan fingerprint density at radius 1 is 1.13 bits per heavy atom. The predicted molar refractivity (Wildman–Crippen MR) is 86.8 cm³/mol. The quantitative estimate of drug-likeness (QED) is 0.803. The summed E-state index contributed by atoms with van der Waals surface area (Å²) in [4.78, 5) is 20.7. The van der Waals surface area contributed by atoms with Crippen LogP contribution >= 0.6 is 0 Å². The highest BCUT2D eigenvalue weighted by Crippen LogP contribution is 2.16. The summed E-state index contributed by atoms with van der Waals surface area (Å²) in [7, 11) is 0. The van der Waals surface area contributed by atoms with E-state index in [1.807, 2.05) is 43.3 Å². The predicted octanol–water partition coefficient (Wildman–Crippen LogP) is 3.28. The Hall–Kier alpha value is -2.95. The van der Waals surface area contributed by atoms with Gasteiger partial charge in [0.05, 0.1) is 23.5 Å². The molecule has 0 saturated carbocycles. The van der Waals surface area contributed by atoms with Crippen molar-refractivity contribution >= 4 is 5.91 Å². The number of hydrogen-bond donors (Lipinski definition) is 1. The summed E-state index contributed by atoms with van der Waals surface area (Å²) in [6.07, 6.45) is 1.51. The van der Waals surface area contributed by atoms with Gasteiger partial charge in [0, 0.05) is 5.56 Å². The minimum Gasteiger partial charge on any atom is -0.466 e. The molecule has 0 aliphatic rings. The summed E-state index contributed by atoms with van der Waals surface area (Å²) in [5.74, 6) is 1.17. The molecule has 2 aromatic heterocycles. The van der Waals surface area contributed by atoms with Crippen LogP contribution in [0.2, 0.25) is 0 Å². The molecule has 2 heterocycles. The Bertz CT molecular complexity index is 825. The lowest BCUT2D eigenvalue weighted by molar-refractivity contribution is 0.0949. The van der Waals surface area contributed by atoms with Crippen LogP contribution in [-0.2, 0) is 6.54 Å². The molecule has 5 nitrogen and oxygen atoms in total. The van der Waals surface area contributed by atoms with Gasteiger partial charge in [0.15, 0.2) is 0 Å². The van der Waals surface area contributed by atoms with E-state index < -0.39 is 0 Å². The molecule has 0 unspecified atom stereocenters. The number of rotatable bonds is 4. The Labute approximate surface area is 134 Å². The van der Waals surface area contributed by atoms with Crippen LogP contribution in [0.1, 0.15) is 27.6 Å². The van der Waals surface area contributed by atoms with Gasteiger partial charge in [-0.2, -0.15) is 0 Å². The smallest absolute Gasteiger partial charge is 0.255 e. The lowest BCUT2D eigenvalue weighted by atomic mass is 10.1. The van der Waals surface area contributed by atoms with Gasteiger partial charge in [0.2, 0.25) is 0 Å². The van der Waals surface area contributed by atoms with E-state index in [0.29, 0.717) is 17.9 Å². The Kier molecular flexibility index (Phi) is 4.19. The van der Waals surface area contributed by atoms with Crippen LogP contribution in [-0.4, -0.2) is 15.9 Å². The van der Waals surface area contributed by atoms with Crippen molar-refractivity contribution in [1.29, 1.82) is 0 Å². The van der Waals surface area contributed by atoms with Crippen LogP contribution in [0.15, 0.2) is 53.2 Å². The van der Waals surface area contributed by atoms with E-state index in [4.69, 9.17) is 4.42 Å². The maximum Gasteiger partial charge on any atom is 0.255 e. The first-order valence-corrected chi connectivity index (χ1v) is 7.35. The van der Waals surface area contributed by atoms with Gasteiger partial charge in [0.1, 0.15) is 17.8 Å². The van der Waals surface area contributed by atoms with Crippen LogP contribution in [0.5, 0.6) is 0 Å². The summed E-state index contributed by atoms with van der Waals surface area (Å²) < 4.78 is 5.38. The molecule has 0 aliphatic heterocycles. The maximum absolute atomic E-state index is 12.2. The fraction of sp³-hybridized carbons (Fsp3) is 0.167. The van der Waals surface area contributed by atoms with E-state index in [9.17, 15) is 4.79 Å². The summed E-state index contributed by atoms with van der Waals surface area (Å²) in [6.45, 7) is 3.94. The van der Waals surface area contributed by atoms with Crippen molar-refractivity contribution in [1.82, 2.24) is 15.3 Å². The van der Waals surface area contributed by atoms with Crippen LogP contribution in [0, 0.1) is 13.8 Å². The van der Waals surface area contributed by atoms with Crippen LogP contribution < -0.4 is 5.32 Å². The number of carbonyl (C=O) groups excluding carboxylic acids is 1. The summed E-state index contributed by atoms with van der Waals surface area (Å²) >= 11 is 0. The molecule has 5 heteroatoms. The number of carbonyl (C=O) groups is 1. The molecule has 0 atom stereocenters. The van der Waals surface area contributed by atoms with Gasteiger partial charge in [-0.05, 0) is 26.0 Å². The highest BCUT2D eigenvalue weighted by molar-refractivity contribution is 5.95. The molecule has 0 saturated heterocycles. The lowest BCUT2D eigenvalue weighted by Crippen LogP contribution is -2.23. The van der Waals surface area contributed by atoms with Gasteiger partial charge < -0.3 is 9.73 Å². The Balaban J connectivity index is 1.71. The van der Waals surface area contributed by atoms with Gasteiger partial charge in [0.25, 0.3) is 5.91 Å². The Morgan fingerprint density at radius 3 is 2.61 bits per heavy atom. The topological polar surface area (TPSA) is 68.0 Å². The van der Waals surface area contributed by atoms with E-state index in [1.54, 1.807) is 13.0 Å². The second-order valence-corrected chi connectivity index (χ2v) is 5.27. The molecular formula is C18H17N3O2. The van der Waals surface area contributed by atoms with E-state index >= 15 is 0 Å². The normalized spacial score (nSPS) is 10.5. The van der Waals surface area contributed by atoms with Crippen LogP contribution in [0.3, 0.4) is 0 Å². The molecule has 1 aromatic carbocycles. The summed E-state index contributed by atoms with van der Waals surface area (Å²) in [5.41, 5.74) is 3.16. The highest BCUT2D eigenvalue weighted by atomic mass is 16.3. The van der Waals surface area contributed by atoms with Gasteiger partial charge >= 0.3 is 0 Å². The monoisotopic (exact) mass is 307 g/mol. The van der Waals surface area contributed by atoms with E-state index in [0.717, 1.165) is 22.7 Å². The molecule has 1 N–H and O–H groups in total. The van der Waals surface area contributed by atoms with Crippen molar-refractivity contribution in [3.05, 3.63) is 71.6 Å². The van der Waals surface area contributed by atoms with E-state index in [1.165, 1.54) is 6.33 Å². The highest BCUT2D eigenvalue weighted by Gasteiger charge is 2.13. The molecule has 3 rings (SSSR count). The maximum atomic E-state index is 12.2. The average Bonchev–Trinajstić information content (AvgIpc) is 2.92. The zero-order chi connectivity index (χ0) is 16.2. The van der Waals surface area contributed by atoms with E-state index in [-0.39, 0.29) is 5.91 Å². The number of aryl methyl sites for hydroxylation is 2. The van der Waals surface area contributed by atoms with Crippen molar-refractivity contribution in [2.24, 2.45) is 0 Å². The average molecular weight is 307 g/mol. The van der Waals surface area contributed by atoms with Crippen molar-refractivity contribution in [3.63, 3.8) is 0 Å². The molecular weight excluding hydrogens is 290 g/mol. The van der Waals surface area contributed by atoms with Gasteiger partial charge in [-0.3, -0.25) is 4.79 Å². The fourth-order valence-corrected chi connectivity index (χ4v) is 2.38. The minimum atomic E-state index is -0.167. The second kappa shape index (κ2) is 6.44. The molecule has 0 bridgehead atoms. The largest absolute Gasteiger partial charge is 0.466 e. The first kappa shape index (κ1) is 15.0. The molecule has 3 aromatic rings. The zero-order valence-electron chi connectivity index (χ0n) is 13.0. The van der Waals surface area contributed by atoms with Crippen molar-refractivity contribution in [3.8, 4) is 11.3 Å². The zero-order valence-corrected chi connectivity index (χ0v) is 13.0. The molecule has 1 amide bonds. The summed E-state index contributed by atoms with van der Waals surface area (Å²) in [5, 5.41) is 2.86. The van der Waals surface area contributed by atoms with Crippen LogP contribution in [0.25, 0.3) is 11.3 Å². The molecule has 116 valence electrons. The molecule has 0 fully saturated rings. The summed E-state index contributed by atoms with van der Waals surface area (Å²) in [6, 6.07) is 13.5. The molecule has 0 spiro atoms. The van der Waals surface area contributed by atoms with Gasteiger partial charge in [-0.1, -0.05) is 30.3 Å². The van der Waals surface area contributed by atoms with Crippen molar-refractivity contribution in [2.45, 2.75) is 20.4 Å². The fourth-order valence-electron chi connectivity index (χ4n) is 2.38. The Morgan fingerprint density at radius 2 is 1.91 bits per heavy atom. The third-order valence-corrected chi connectivity index (χ3v) is 3.51. The standard InChI is InChI=1S/C18H17N3O2/c1-12-8-16(13(2)23-12)18(22)19-10-15-9-17(21-11-20-15)14-6-4-3-5-7-14/h3-9,11H,10H2,1-2H3,(H,19,22).